The van der Waals surface area contributed by atoms with Gasteiger partial charge in [-0.2, -0.15) is 0 Å². The summed E-state index contributed by atoms with van der Waals surface area (Å²) in [6, 6.07) is 16.8. The lowest BCUT2D eigenvalue weighted by Crippen LogP contribution is -2.41. The summed E-state index contributed by atoms with van der Waals surface area (Å²) >= 11 is 7.08. The fourth-order valence-electron chi connectivity index (χ4n) is 6.96. The third-order valence-corrected chi connectivity index (χ3v) is 9.71. The molecule has 0 radical (unpaired) electrons. The van der Waals surface area contributed by atoms with E-state index in [-0.39, 0.29) is 23.3 Å². The Morgan fingerprint density at radius 2 is 1.70 bits per heavy atom. The van der Waals surface area contributed by atoms with Crippen LogP contribution in [0.4, 0.5) is 11.4 Å². The Balaban J connectivity index is 1.45. The summed E-state index contributed by atoms with van der Waals surface area (Å²) in [5.74, 6) is -0.807. The molecule has 1 atom stereocenters. The van der Waals surface area contributed by atoms with E-state index < -0.39 is 5.97 Å². The van der Waals surface area contributed by atoms with Crippen molar-refractivity contribution in [3.05, 3.63) is 106 Å². The highest BCUT2D eigenvalue weighted by molar-refractivity contribution is 6.32. The Hall–Kier alpha value is -3.77. The number of allylic oxidation sites excluding steroid dienone is 7. The van der Waals surface area contributed by atoms with E-state index in [2.05, 4.69) is 92.1 Å². The molecule has 1 N–H and O–H groups in total. The number of carboxylic acid groups (broad SMARTS) is 1. The molecule has 3 aliphatic rings. The van der Waals surface area contributed by atoms with Crippen LogP contribution in [0, 0.1) is 0 Å². The number of ether oxygens (including phenoxy) is 1. The molecule has 43 heavy (non-hydrogen) atoms. The minimum absolute atomic E-state index is 0.0631. The molecule has 0 spiro atoms. The van der Waals surface area contributed by atoms with E-state index in [1.165, 1.54) is 16.8 Å². The van der Waals surface area contributed by atoms with Crippen molar-refractivity contribution >= 4 is 35.4 Å². The first-order valence-electron chi connectivity index (χ1n) is 15.1. The van der Waals surface area contributed by atoms with Gasteiger partial charge in [-0.1, -0.05) is 93.9 Å². The number of halogens is 1. The first-order valence-corrected chi connectivity index (χ1v) is 15.4. The van der Waals surface area contributed by atoms with Crippen molar-refractivity contribution in [2.45, 2.75) is 70.3 Å². The molecule has 0 saturated heterocycles. The standard InChI is InChI=1S/C36H41ClN2O4/c1-35(2)27-12-5-7-14-29(27)38(21-20-33(41)42)31(35)18-16-25-10-9-11-26(34(25)37)17-19-32-36(3,4)28-13-6-8-15-30(28)39(32)22-23-43-24-40/h5-8,12-19,24,32H,9-11,20-23H2,1-4H3,(H,41,42)/b19-17+,25-16+,31-18+. The number of carboxylic acids is 1. The molecule has 1 aliphatic carbocycles. The number of carbonyl (C=O) groups excluding carboxylic acids is 1. The number of fused-ring (bicyclic) bond motifs is 2. The van der Waals surface area contributed by atoms with Crippen molar-refractivity contribution in [3.8, 4) is 0 Å². The van der Waals surface area contributed by atoms with Gasteiger partial charge < -0.3 is 19.6 Å². The maximum Gasteiger partial charge on any atom is 0.305 e. The van der Waals surface area contributed by atoms with Gasteiger partial charge in [0.1, 0.15) is 6.61 Å². The summed E-state index contributed by atoms with van der Waals surface area (Å²) in [5.41, 5.74) is 7.59. The van der Waals surface area contributed by atoms with Crippen molar-refractivity contribution < 1.29 is 19.4 Å². The first-order chi connectivity index (χ1) is 20.6. The van der Waals surface area contributed by atoms with Gasteiger partial charge in [-0.05, 0) is 59.7 Å². The van der Waals surface area contributed by atoms with Gasteiger partial charge in [0.25, 0.3) is 6.47 Å². The average Bonchev–Trinajstić information content (AvgIpc) is 3.33. The number of hydrogen-bond donors (Lipinski definition) is 1. The van der Waals surface area contributed by atoms with Crippen LogP contribution in [0.15, 0.2) is 94.7 Å². The van der Waals surface area contributed by atoms with Crippen LogP contribution in [-0.4, -0.2) is 43.3 Å². The number of hydrogen-bond acceptors (Lipinski definition) is 5. The predicted octanol–water partition coefficient (Wildman–Crippen LogP) is 7.64. The molecule has 6 nitrogen and oxygen atoms in total. The zero-order valence-electron chi connectivity index (χ0n) is 25.5. The van der Waals surface area contributed by atoms with Crippen LogP contribution < -0.4 is 9.80 Å². The molecule has 2 aliphatic heterocycles. The third-order valence-electron chi connectivity index (χ3n) is 9.23. The molecule has 226 valence electrons. The Morgan fingerprint density at radius 3 is 2.42 bits per heavy atom. The van der Waals surface area contributed by atoms with E-state index >= 15 is 0 Å². The molecule has 7 heteroatoms. The molecule has 0 amide bonds. The van der Waals surface area contributed by atoms with Crippen molar-refractivity contribution in [3.63, 3.8) is 0 Å². The summed E-state index contributed by atoms with van der Waals surface area (Å²) in [6.45, 7) is 10.7. The minimum atomic E-state index is -0.807. The van der Waals surface area contributed by atoms with Crippen LogP contribution in [-0.2, 0) is 25.2 Å². The van der Waals surface area contributed by atoms with Gasteiger partial charge in [-0.15, -0.1) is 0 Å². The highest BCUT2D eigenvalue weighted by atomic mass is 35.5. The van der Waals surface area contributed by atoms with Crippen LogP contribution in [0.5, 0.6) is 0 Å². The largest absolute Gasteiger partial charge is 0.481 e. The normalized spacial score (nSPS) is 22.4. The molecule has 1 unspecified atom stereocenters. The van der Waals surface area contributed by atoms with Crippen LogP contribution in [0.3, 0.4) is 0 Å². The summed E-state index contributed by atoms with van der Waals surface area (Å²) in [6.07, 6.45) is 11.6. The minimum Gasteiger partial charge on any atom is -0.481 e. The SMILES string of the molecule is CC1(C)/C(=C\C=C2/CCCC(/C=C/C3N(CCOC=O)c4ccccc4C3(C)C)=C2Cl)N(CCC(=O)O)c2ccccc21. The van der Waals surface area contributed by atoms with Gasteiger partial charge in [0.05, 0.1) is 19.0 Å². The number of nitrogens with zero attached hydrogens (tertiary/aromatic N) is 2. The topological polar surface area (TPSA) is 70.1 Å². The average molecular weight is 601 g/mol. The highest BCUT2D eigenvalue weighted by Crippen LogP contribution is 2.48. The molecular formula is C36H41ClN2O4. The zero-order chi connectivity index (χ0) is 30.8. The maximum absolute atomic E-state index is 11.5. The number of rotatable bonds is 10. The van der Waals surface area contributed by atoms with Crippen molar-refractivity contribution in [2.75, 3.05) is 29.5 Å². The molecule has 0 fully saturated rings. The lowest BCUT2D eigenvalue weighted by molar-refractivity contribution is -0.136. The molecule has 2 aromatic carbocycles. The molecule has 5 rings (SSSR count). The van der Waals surface area contributed by atoms with E-state index in [1.807, 2.05) is 18.2 Å². The molecular weight excluding hydrogens is 560 g/mol. The van der Waals surface area contributed by atoms with Crippen LogP contribution in [0.2, 0.25) is 0 Å². The Kier molecular flexibility index (Phi) is 8.89. The first kappa shape index (κ1) is 30.7. The smallest absolute Gasteiger partial charge is 0.305 e. The van der Waals surface area contributed by atoms with Crippen molar-refractivity contribution in [1.29, 1.82) is 0 Å². The zero-order valence-corrected chi connectivity index (χ0v) is 26.2. The fourth-order valence-corrected chi connectivity index (χ4v) is 7.27. The molecule has 2 aromatic rings. The van der Waals surface area contributed by atoms with Crippen LogP contribution >= 0.6 is 11.6 Å². The Bertz CT molecular complexity index is 1520. The second-order valence-electron chi connectivity index (χ2n) is 12.6. The van der Waals surface area contributed by atoms with Crippen molar-refractivity contribution in [1.82, 2.24) is 0 Å². The van der Waals surface area contributed by atoms with E-state index in [0.29, 0.717) is 26.2 Å². The maximum atomic E-state index is 11.5. The molecule has 0 bridgehead atoms. The molecule has 0 aromatic heterocycles. The quantitative estimate of drug-likeness (QED) is 0.223. The third kappa shape index (κ3) is 5.90. The van der Waals surface area contributed by atoms with Crippen LogP contribution in [0.1, 0.15) is 64.5 Å². The summed E-state index contributed by atoms with van der Waals surface area (Å²) in [5, 5.41) is 10.2. The van der Waals surface area contributed by atoms with Gasteiger partial charge in [0, 0.05) is 39.5 Å². The predicted molar refractivity (Wildman–Crippen MR) is 174 cm³/mol. The number of carbonyl (C=O) groups is 2. The Labute approximate surface area is 260 Å². The number of anilines is 2. The van der Waals surface area contributed by atoms with Gasteiger partial charge in [-0.25, -0.2) is 0 Å². The fraction of sp³-hybridized carbons (Fsp3) is 0.389. The summed E-state index contributed by atoms with van der Waals surface area (Å²) in [4.78, 5) is 26.7. The van der Waals surface area contributed by atoms with Gasteiger partial charge in [0.15, 0.2) is 0 Å². The van der Waals surface area contributed by atoms with Gasteiger partial charge >= 0.3 is 5.97 Å². The number of benzene rings is 2. The monoisotopic (exact) mass is 600 g/mol. The lowest BCUT2D eigenvalue weighted by atomic mass is 9.80. The number of aliphatic carboxylic acids is 1. The second kappa shape index (κ2) is 12.5. The van der Waals surface area contributed by atoms with E-state index in [4.69, 9.17) is 16.3 Å². The van der Waals surface area contributed by atoms with E-state index in [0.717, 1.165) is 46.8 Å². The van der Waals surface area contributed by atoms with Crippen molar-refractivity contribution in [2.24, 2.45) is 0 Å². The van der Waals surface area contributed by atoms with Gasteiger partial charge in [-0.3, -0.25) is 9.59 Å². The number of para-hydroxylation sites is 2. The highest BCUT2D eigenvalue weighted by Gasteiger charge is 2.43. The summed E-state index contributed by atoms with van der Waals surface area (Å²) in [7, 11) is 0. The second-order valence-corrected chi connectivity index (χ2v) is 13.0. The summed E-state index contributed by atoms with van der Waals surface area (Å²) < 4.78 is 5.07. The molecule has 2 heterocycles. The van der Waals surface area contributed by atoms with E-state index in [9.17, 15) is 14.7 Å². The Morgan fingerprint density at radius 1 is 1.00 bits per heavy atom. The van der Waals surface area contributed by atoms with Gasteiger partial charge in [0.2, 0.25) is 0 Å². The van der Waals surface area contributed by atoms with Crippen LogP contribution in [0.25, 0.3) is 0 Å². The lowest BCUT2D eigenvalue weighted by Gasteiger charge is -2.32. The van der Waals surface area contributed by atoms with E-state index in [1.54, 1.807) is 0 Å². The molecule has 0 saturated carbocycles.